The smallest absolute Gasteiger partial charge is 0.420 e. The summed E-state index contributed by atoms with van der Waals surface area (Å²) >= 11 is 0. The van der Waals surface area contributed by atoms with Crippen molar-refractivity contribution in [1.29, 1.82) is 0 Å². The lowest BCUT2D eigenvalue weighted by atomic mass is 9.84. The summed E-state index contributed by atoms with van der Waals surface area (Å²) in [5.74, 6) is -2.60. The van der Waals surface area contributed by atoms with E-state index in [4.69, 9.17) is 9.47 Å². The molecule has 52 heavy (non-hydrogen) atoms. The van der Waals surface area contributed by atoms with E-state index in [1.54, 1.807) is 48.5 Å². The molecular weight excluding hydrogens is 650 g/mol. The van der Waals surface area contributed by atoms with E-state index >= 15 is 0 Å². The van der Waals surface area contributed by atoms with Crippen molar-refractivity contribution in [2.24, 2.45) is 0 Å². The quantitative estimate of drug-likeness (QED) is 0.163. The summed E-state index contributed by atoms with van der Waals surface area (Å²) in [7, 11) is 0. The number of carboxylic acids is 1. The number of ether oxygens (including phenoxy) is 2. The van der Waals surface area contributed by atoms with Crippen LogP contribution in [-0.4, -0.2) is 40.8 Å². The predicted octanol–water partition coefficient (Wildman–Crippen LogP) is 9.43. The van der Waals surface area contributed by atoms with Gasteiger partial charge in [0.05, 0.1) is 0 Å². The predicted molar refractivity (Wildman–Crippen MR) is 198 cm³/mol. The molecule has 7 nitrogen and oxygen atoms in total. The van der Waals surface area contributed by atoms with Gasteiger partial charge >= 0.3 is 18.2 Å². The molecule has 2 amide bonds. The van der Waals surface area contributed by atoms with Gasteiger partial charge in [0.25, 0.3) is 0 Å². The van der Waals surface area contributed by atoms with Crippen molar-refractivity contribution in [1.82, 2.24) is 4.90 Å². The van der Waals surface area contributed by atoms with Gasteiger partial charge in [-0.2, -0.15) is 4.90 Å². The Morgan fingerprint density at radius 1 is 0.596 bits per heavy atom. The number of benzene rings is 6. The van der Waals surface area contributed by atoms with Gasteiger partial charge in [0.1, 0.15) is 13.2 Å². The maximum absolute atomic E-state index is 14.4. The van der Waals surface area contributed by atoms with Crippen LogP contribution in [-0.2, 0) is 27.3 Å². The van der Waals surface area contributed by atoms with E-state index in [1.807, 2.05) is 91.0 Å². The topological polar surface area (TPSA) is 93.1 Å². The molecule has 0 saturated carbocycles. The van der Waals surface area contributed by atoms with Crippen LogP contribution in [0.5, 0.6) is 0 Å². The first-order chi connectivity index (χ1) is 25.5. The third-order valence-corrected chi connectivity index (χ3v) is 10.2. The molecule has 2 aliphatic rings. The second kappa shape index (κ2) is 14.0. The van der Waals surface area contributed by atoms with Crippen LogP contribution in [0.4, 0.5) is 9.59 Å². The monoisotopic (exact) mass is 685 g/mol. The first-order valence-corrected chi connectivity index (χ1v) is 17.3. The van der Waals surface area contributed by atoms with Crippen molar-refractivity contribution in [2.75, 3.05) is 6.61 Å². The van der Waals surface area contributed by atoms with Crippen LogP contribution < -0.4 is 0 Å². The van der Waals surface area contributed by atoms with Gasteiger partial charge in [-0.3, -0.25) is 0 Å². The largest absolute Gasteiger partial charge is 0.480 e. The van der Waals surface area contributed by atoms with E-state index in [0.717, 1.165) is 44.5 Å². The minimum atomic E-state index is -1.70. The van der Waals surface area contributed by atoms with E-state index in [-0.39, 0.29) is 19.1 Å². The maximum Gasteiger partial charge on any atom is 0.420 e. The molecule has 0 radical (unpaired) electrons. The highest BCUT2D eigenvalue weighted by atomic mass is 16.6. The van der Waals surface area contributed by atoms with E-state index in [0.29, 0.717) is 22.4 Å². The number of nitrogens with zero attached hydrogens (tertiary/aromatic N) is 1. The molecule has 0 unspecified atom stereocenters. The minimum absolute atomic E-state index is 0.102. The molecule has 7 heteroatoms. The van der Waals surface area contributed by atoms with Crippen molar-refractivity contribution < 1.29 is 29.0 Å². The first kappa shape index (κ1) is 32.7. The fourth-order valence-corrected chi connectivity index (χ4v) is 7.81. The molecule has 0 heterocycles. The van der Waals surface area contributed by atoms with Crippen molar-refractivity contribution in [3.05, 3.63) is 191 Å². The number of carbonyl (C=O) groups excluding carboxylic acids is 2. The molecule has 2 aliphatic carbocycles. The Kier molecular flexibility index (Phi) is 8.83. The number of hydrogen-bond donors (Lipinski definition) is 1. The van der Waals surface area contributed by atoms with E-state index in [1.165, 1.54) is 5.56 Å². The highest BCUT2D eigenvalue weighted by Gasteiger charge is 2.44. The highest BCUT2D eigenvalue weighted by molar-refractivity contribution is 5.94. The van der Waals surface area contributed by atoms with Gasteiger partial charge < -0.3 is 14.6 Å². The Morgan fingerprint density at radius 2 is 1.12 bits per heavy atom. The number of imide groups is 1. The number of carboxylic acid groups (broad SMARTS) is 1. The maximum atomic E-state index is 14.4. The fourth-order valence-electron chi connectivity index (χ4n) is 7.81. The van der Waals surface area contributed by atoms with Gasteiger partial charge in [-0.15, -0.1) is 0 Å². The third kappa shape index (κ3) is 6.00. The van der Waals surface area contributed by atoms with Crippen molar-refractivity contribution in [2.45, 2.75) is 30.9 Å². The van der Waals surface area contributed by atoms with Crippen LogP contribution in [0.2, 0.25) is 0 Å². The van der Waals surface area contributed by atoms with Crippen LogP contribution in [0, 0.1) is 0 Å². The van der Waals surface area contributed by atoms with Crippen LogP contribution >= 0.6 is 0 Å². The highest BCUT2D eigenvalue weighted by Crippen LogP contribution is 2.45. The average molecular weight is 686 g/mol. The average Bonchev–Trinajstić information content (AvgIpc) is 3.73. The molecule has 0 spiro atoms. The molecule has 0 saturated heterocycles. The van der Waals surface area contributed by atoms with Crippen LogP contribution in [0.1, 0.15) is 50.8 Å². The summed E-state index contributed by atoms with van der Waals surface area (Å²) in [4.78, 5) is 42.8. The van der Waals surface area contributed by atoms with Crippen molar-refractivity contribution in [3.63, 3.8) is 0 Å². The normalized spacial score (nSPS) is 13.0. The molecular formula is C45H35NO6. The molecule has 0 bridgehead atoms. The SMILES string of the molecule is O=C(O)[C@H](C(c1ccccc1)c1ccccc1)N(C(=O)OCc1cccc2c1Cc1ccccc1-2)C(=O)OCC1c2ccccc2-c2ccccc21. The lowest BCUT2D eigenvalue weighted by molar-refractivity contribution is -0.142. The molecule has 0 aromatic heterocycles. The van der Waals surface area contributed by atoms with Crippen molar-refractivity contribution in [3.8, 4) is 22.3 Å². The van der Waals surface area contributed by atoms with Crippen LogP contribution in [0.25, 0.3) is 22.3 Å². The Morgan fingerprint density at radius 3 is 1.73 bits per heavy atom. The Labute approximate surface area is 301 Å². The summed E-state index contributed by atoms with van der Waals surface area (Å²) in [5.41, 5.74) is 10.5. The zero-order valence-electron chi connectivity index (χ0n) is 28.2. The molecule has 256 valence electrons. The second-order valence-electron chi connectivity index (χ2n) is 13.1. The summed E-state index contributed by atoms with van der Waals surface area (Å²) < 4.78 is 11.9. The standard InChI is InChI=1S/C45H35NO6/c47-43(48)42(41(29-14-3-1-4-15-29)30-16-5-2-6-17-30)46(44(49)51-27-32-19-13-25-34-33-20-8-7-18-31(33)26-39(32)34)45(50)52-28-40-37-23-11-9-21-35(37)36-22-10-12-24-38(36)40/h1-25,40-42H,26-28H2,(H,47,48)/t42-/m0/s1. The van der Waals surface area contributed by atoms with E-state index in [2.05, 4.69) is 12.1 Å². The number of amides is 2. The lowest BCUT2D eigenvalue weighted by Gasteiger charge is -2.32. The molecule has 1 atom stereocenters. The Bertz CT molecular complexity index is 2200. The molecule has 6 aromatic rings. The van der Waals surface area contributed by atoms with Gasteiger partial charge in [-0.05, 0) is 67.6 Å². The summed E-state index contributed by atoms with van der Waals surface area (Å²) in [5, 5.41) is 10.9. The zero-order valence-corrected chi connectivity index (χ0v) is 28.2. The van der Waals surface area contributed by atoms with Gasteiger partial charge in [0.15, 0.2) is 6.04 Å². The molecule has 0 fully saturated rings. The minimum Gasteiger partial charge on any atom is -0.480 e. The molecule has 1 N–H and O–H groups in total. The fraction of sp³-hybridized carbons (Fsp3) is 0.133. The van der Waals surface area contributed by atoms with Gasteiger partial charge in [0.2, 0.25) is 0 Å². The summed E-state index contributed by atoms with van der Waals surface area (Å²) in [6.45, 7) is -0.258. The summed E-state index contributed by atoms with van der Waals surface area (Å²) in [6, 6.07) is 46.2. The number of hydrogen-bond acceptors (Lipinski definition) is 5. The second-order valence-corrected chi connectivity index (χ2v) is 13.1. The van der Waals surface area contributed by atoms with Gasteiger partial charge in [-0.25, -0.2) is 14.4 Å². The number of aliphatic carboxylic acids is 1. The Hall–Kier alpha value is -6.47. The van der Waals surface area contributed by atoms with Crippen LogP contribution in [0.3, 0.4) is 0 Å². The Balaban J connectivity index is 1.14. The lowest BCUT2D eigenvalue weighted by Crippen LogP contribution is -2.52. The molecule has 6 aromatic carbocycles. The van der Waals surface area contributed by atoms with Crippen LogP contribution in [0.15, 0.2) is 152 Å². The van der Waals surface area contributed by atoms with Crippen molar-refractivity contribution >= 4 is 18.2 Å². The van der Waals surface area contributed by atoms with Gasteiger partial charge in [-0.1, -0.05) is 152 Å². The number of rotatable bonds is 9. The zero-order chi connectivity index (χ0) is 35.6. The van der Waals surface area contributed by atoms with E-state index in [9.17, 15) is 19.5 Å². The molecule has 0 aliphatic heterocycles. The number of fused-ring (bicyclic) bond motifs is 6. The first-order valence-electron chi connectivity index (χ1n) is 17.3. The number of carbonyl (C=O) groups is 3. The summed E-state index contributed by atoms with van der Waals surface area (Å²) in [6.07, 6.45) is -1.52. The van der Waals surface area contributed by atoms with Gasteiger partial charge in [0, 0.05) is 11.8 Å². The third-order valence-electron chi connectivity index (χ3n) is 10.2. The van der Waals surface area contributed by atoms with E-state index < -0.39 is 30.1 Å². The molecule has 8 rings (SSSR count).